The first kappa shape index (κ1) is 26.1. The van der Waals surface area contributed by atoms with E-state index in [-0.39, 0.29) is 5.56 Å². The van der Waals surface area contributed by atoms with Crippen molar-refractivity contribution in [2.45, 2.75) is 19.4 Å². The van der Waals surface area contributed by atoms with Crippen molar-refractivity contribution >= 4 is 44.5 Å². The van der Waals surface area contributed by atoms with Gasteiger partial charge >= 0.3 is 0 Å². The second-order valence-electron chi connectivity index (χ2n) is 10.9. The molecule has 7 heteroatoms. The standard InChI is InChI=1S/C34H30IN5O/c1-38-19-17-23(18-20-38)22-39-31-14-8-6-12-29(31)37-33(39)26-11-5-7-13-30(26)40-32(24-9-3-2-4-10-24)36-28-16-15-25(35)21-27(28)34(40)41/h2-16,21,23H,17-20,22H2,1H3. The van der Waals surface area contributed by atoms with Gasteiger partial charge in [-0.05, 0) is 104 Å². The summed E-state index contributed by atoms with van der Waals surface area (Å²) in [4.78, 5) is 27.0. The Morgan fingerprint density at radius 3 is 2.34 bits per heavy atom. The highest BCUT2D eigenvalue weighted by Crippen LogP contribution is 2.33. The lowest BCUT2D eigenvalue weighted by Gasteiger charge is -2.29. The molecule has 1 aliphatic rings. The van der Waals surface area contributed by atoms with Gasteiger partial charge in [-0.3, -0.25) is 9.36 Å². The first-order valence-corrected chi connectivity index (χ1v) is 15.2. The molecule has 1 fully saturated rings. The Bertz CT molecular complexity index is 1940. The number of imidazole rings is 1. The molecule has 6 aromatic rings. The van der Waals surface area contributed by atoms with Crippen LogP contribution in [0.4, 0.5) is 0 Å². The molecule has 6 nitrogen and oxygen atoms in total. The maximum Gasteiger partial charge on any atom is 0.266 e. The van der Waals surface area contributed by atoms with Gasteiger partial charge < -0.3 is 9.47 Å². The summed E-state index contributed by atoms with van der Waals surface area (Å²) in [6.45, 7) is 3.12. The van der Waals surface area contributed by atoms with Gasteiger partial charge in [-0.1, -0.05) is 54.6 Å². The van der Waals surface area contributed by atoms with Crippen LogP contribution in [-0.2, 0) is 6.54 Å². The molecule has 0 N–H and O–H groups in total. The number of piperidine rings is 1. The minimum atomic E-state index is -0.0854. The lowest BCUT2D eigenvalue weighted by atomic mass is 9.97. The van der Waals surface area contributed by atoms with Crippen molar-refractivity contribution in [1.29, 1.82) is 0 Å². The van der Waals surface area contributed by atoms with Crippen LogP contribution in [0.15, 0.2) is 102 Å². The lowest BCUT2D eigenvalue weighted by Crippen LogP contribution is -2.32. The van der Waals surface area contributed by atoms with Gasteiger partial charge in [0, 0.05) is 21.2 Å². The molecule has 7 rings (SSSR count). The van der Waals surface area contributed by atoms with E-state index >= 15 is 0 Å². The van der Waals surface area contributed by atoms with Crippen molar-refractivity contribution in [1.82, 2.24) is 24.0 Å². The van der Waals surface area contributed by atoms with Gasteiger partial charge in [0.25, 0.3) is 5.56 Å². The third-order valence-electron chi connectivity index (χ3n) is 8.18. The van der Waals surface area contributed by atoms with Gasteiger partial charge in [-0.15, -0.1) is 0 Å². The summed E-state index contributed by atoms with van der Waals surface area (Å²) < 4.78 is 5.15. The fourth-order valence-corrected chi connectivity index (χ4v) is 6.48. The predicted octanol–water partition coefficient (Wildman–Crippen LogP) is 7.02. The van der Waals surface area contributed by atoms with E-state index in [2.05, 4.69) is 63.4 Å². The van der Waals surface area contributed by atoms with Crippen LogP contribution in [0.5, 0.6) is 0 Å². The van der Waals surface area contributed by atoms with Gasteiger partial charge in [0.2, 0.25) is 0 Å². The van der Waals surface area contributed by atoms with Gasteiger partial charge in [-0.25, -0.2) is 9.97 Å². The fraction of sp³-hybridized carbons (Fsp3) is 0.206. The highest BCUT2D eigenvalue weighted by Gasteiger charge is 2.24. The molecule has 0 amide bonds. The molecule has 0 aliphatic carbocycles. The molecule has 3 heterocycles. The monoisotopic (exact) mass is 651 g/mol. The van der Waals surface area contributed by atoms with Crippen molar-refractivity contribution in [2.24, 2.45) is 5.92 Å². The van der Waals surface area contributed by atoms with E-state index in [4.69, 9.17) is 9.97 Å². The molecular formula is C34H30IN5O. The number of hydrogen-bond donors (Lipinski definition) is 0. The van der Waals surface area contributed by atoms with E-state index in [1.807, 2.05) is 72.8 Å². The summed E-state index contributed by atoms with van der Waals surface area (Å²) in [5.41, 5.74) is 5.28. The van der Waals surface area contributed by atoms with Gasteiger partial charge in [0.1, 0.15) is 11.6 Å². The first-order chi connectivity index (χ1) is 20.1. The summed E-state index contributed by atoms with van der Waals surface area (Å²) in [6, 6.07) is 32.3. The normalized spacial score (nSPS) is 14.7. The summed E-state index contributed by atoms with van der Waals surface area (Å²) in [5.74, 6) is 2.07. The Hall–Kier alpha value is -3.82. The number of benzene rings is 4. The number of nitrogens with zero attached hydrogens (tertiary/aromatic N) is 5. The number of likely N-dealkylation sites (tertiary alicyclic amines) is 1. The molecule has 0 bridgehead atoms. The molecule has 0 unspecified atom stereocenters. The highest BCUT2D eigenvalue weighted by atomic mass is 127. The zero-order chi connectivity index (χ0) is 27.9. The lowest BCUT2D eigenvalue weighted by molar-refractivity contribution is 0.206. The minimum absolute atomic E-state index is 0.0854. The molecule has 0 spiro atoms. The molecule has 0 radical (unpaired) electrons. The summed E-state index contributed by atoms with van der Waals surface area (Å²) in [6.07, 6.45) is 2.32. The smallest absolute Gasteiger partial charge is 0.266 e. The van der Waals surface area contributed by atoms with E-state index in [1.54, 1.807) is 4.57 Å². The van der Waals surface area contributed by atoms with E-state index in [9.17, 15) is 4.79 Å². The van der Waals surface area contributed by atoms with Crippen LogP contribution in [0.3, 0.4) is 0 Å². The van der Waals surface area contributed by atoms with Crippen molar-refractivity contribution in [3.05, 3.63) is 111 Å². The number of rotatable bonds is 5. The minimum Gasteiger partial charge on any atom is -0.324 e. The maximum absolute atomic E-state index is 14.4. The van der Waals surface area contributed by atoms with Gasteiger partial charge in [0.15, 0.2) is 0 Å². The molecule has 1 aliphatic heterocycles. The van der Waals surface area contributed by atoms with Crippen LogP contribution < -0.4 is 5.56 Å². The molecule has 2 aromatic heterocycles. The number of fused-ring (bicyclic) bond motifs is 2. The maximum atomic E-state index is 14.4. The van der Waals surface area contributed by atoms with Crippen LogP contribution in [0.2, 0.25) is 0 Å². The van der Waals surface area contributed by atoms with Gasteiger partial charge in [0.05, 0.1) is 27.6 Å². The molecule has 1 saturated heterocycles. The Balaban J connectivity index is 1.48. The Morgan fingerprint density at radius 2 is 1.51 bits per heavy atom. The summed E-state index contributed by atoms with van der Waals surface area (Å²) in [5, 5.41) is 0.603. The van der Waals surface area contributed by atoms with Gasteiger partial charge in [-0.2, -0.15) is 0 Å². The molecule has 0 atom stereocenters. The predicted molar refractivity (Wildman–Crippen MR) is 174 cm³/mol. The van der Waals surface area contributed by atoms with Crippen molar-refractivity contribution < 1.29 is 0 Å². The average Bonchev–Trinajstić information content (AvgIpc) is 3.37. The second-order valence-corrected chi connectivity index (χ2v) is 12.1. The highest BCUT2D eigenvalue weighted by molar-refractivity contribution is 14.1. The van der Waals surface area contributed by atoms with Crippen molar-refractivity contribution in [3.63, 3.8) is 0 Å². The fourth-order valence-electron chi connectivity index (χ4n) is 5.99. The average molecular weight is 652 g/mol. The van der Waals surface area contributed by atoms with Crippen LogP contribution in [0, 0.1) is 9.49 Å². The Labute approximate surface area is 252 Å². The zero-order valence-corrected chi connectivity index (χ0v) is 25.0. The summed E-state index contributed by atoms with van der Waals surface area (Å²) >= 11 is 2.25. The van der Waals surface area contributed by atoms with Crippen LogP contribution in [0.1, 0.15) is 12.8 Å². The molecular weight excluding hydrogens is 621 g/mol. The van der Waals surface area contributed by atoms with Crippen LogP contribution in [-0.4, -0.2) is 44.1 Å². The molecule has 4 aromatic carbocycles. The third kappa shape index (κ3) is 4.87. The molecule has 204 valence electrons. The Morgan fingerprint density at radius 1 is 0.805 bits per heavy atom. The number of aromatic nitrogens is 4. The largest absolute Gasteiger partial charge is 0.324 e. The van der Waals surface area contributed by atoms with Crippen molar-refractivity contribution in [2.75, 3.05) is 20.1 Å². The topological polar surface area (TPSA) is 56.0 Å². The van der Waals surface area contributed by atoms with E-state index in [0.29, 0.717) is 22.6 Å². The quantitative estimate of drug-likeness (QED) is 0.188. The SMILES string of the molecule is CN1CCC(Cn2c(-c3ccccc3-n3c(-c4ccccc4)nc4ccc(I)cc4c3=O)nc3ccccc32)CC1. The van der Waals surface area contributed by atoms with E-state index in [1.165, 1.54) is 0 Å². The second kappa shape index (κ2) is 10.9. The van der Waals surface area contributed by atoms with Crippen molar-refractivity contribution in [3.8, 4) is 28.5 Å². The Kier molecular flexibility index (Phi) is 6.92. The molecule has 41 heavy (non-hydrogen) atoms. The van der Waals surface area contributed by atoms with Crippen LogP contribution in [0.25, 0.3) is 50.4 Å². The third-order valence-corrected chi connectivity index (χ3v) is 8.85. The first-order valence-electron chi connectivity index (χ1n) is 14.1. The van der Waals surface area contributed by atoms with E-state index in [0.717, 1.165) is 69.7 Å². The van der Waals surface area contributed by atoms with Crippen LogP contribution >= 0.6 is 22.6 Å². The zero-order valence-electron chi connectivity index (χ0n) is 22.9. The summed E-state index contributed by atoms with van der Waals surface area (Å²) in [7, 11) is 2.20. The molecule has 0 saturated carbocycles. The number of para-hydroxylation sites is 3. The number of halogens is 1. The van der Waals surface area contributed by atoms with E-state index < -0.39 is 0 Å². The number of hydrogen-bond acceptors (Lipinski definition) is 4.